The summed E-state index contributed by atoms with van der Waals surface area (Å²) in [7, 11) is 0. The van der Waals surface area contributed by atoms with Crippen LogP contribution in [0.4, 0.5) is 0 Å². The van der Waals surface area contributed by atoms with Gasteiger partial charge in [0.2, 0.25) is 0 Å². The van der Waals surface area contributed by atoms with Crippen molar-refractivity contribution in [2.45, 2.75) is 36.2 Å². The Bertz CT molecular complexity index is 627. The van der Waals surface area contributed by atoms with E-state index in [1.54, 1.807) is 0 Å². The molecule has 0 saturated carbocycles. The Balaban J connectivity index is 1.87. The SMILES string of the molecule is CC(C)Oc1ccccc1S[C@@H](c1ccccc1)[C@@H]1CNCCO1. The van der Waals surface area contributed by atoms with Crippen molar-refractivity contribution < 1.29 is 9.47 Å². The maximum absolute atomic E-state index is 6.06. The molecule has 1 N–H and O–H groups in total. The summed E-state index contributed by atoms with van der Waals surface area (Å²) in [6.07, 6.45) is 0.313. The van der Waals surface area contributed by atoms with Crippen molar-refractivity contribution in [2.75, 3.05) is 19.7 Å². The van der Waals surface area contributed by atoms with Crippen molar-refractivity contribution >= 4 is 11.8 Å². The molecular weight excluding hydrogens is 318 g/mol. The van der Waals surface area contributed by atoms with Crippen LogP contribution in [0.15, 0.2) is 59.5 Å². The monoisotopic (exact) mass is 343 g/mol. The van der Waals surface area contributed by atoms with Gasteiger partial charge in [0.15, 0.2) is 0 Å². The first-order valence-corrected chi connectivity index (χ1v) is 9.41. The molecule has 0 radical (unpaired) electrons. The third kappa shape index (κ3) is 4.53. The third-order valence-corrected chi connectivity index (χ3v) is 5.31. The summed E-state index contributed by atoms with van der Waals surface area (Å²) in [5, 5.41) is 3.68. The summed E-state index contributed by atoms with van der Waals surface area (Å²) in [5.74, 6) is 0.946. The van der Waals surface area contributed by atoms with Crippen LogP contribution in [0, 0.1) is 0 Å². The highest BCUT2D eigenvalue weighted by Gasteiger charge is 2.27. The minimum Gasteiger partial charge on any atom is -0.490 e. The number of hydrogen-bond donors (Lipinski definition) is 1. The van der Waals surface area contributed by atoms with Gasteiger partial charge in [-0.25, -0.2) is 0 Å². The van der Waals surface area contributed by atoms with Crippen LogP contribution in [0.1, 0.15) is 24.7 Å². The van der Waals surface area contributed by atoms with Gasteiger partial charge in [0, 0.05) is 13.1 Å². The maximum atomic E-state index is 6.06. The number of thioether (sulfide) groups is 1. The van der Waals surface area contributed by atoms with Crippen LogP contribution in [0.5, 0.6) is 5.75 Å². The summed E-state index contributed by atoms with van der Waals surface area (Å²) in [5.41, 5.74) is 1.29. The minimum atomic E-state index is 0.151. The van der Waals surface area contributed by atoms with Crippen molar-refractivity contribution in [3.05, 3.63) is 60.2 Å². The van der Waals surface area contributed by atoms with Crippen LogP contribution in [0.2, 0.25) is 0 Å². The highest BCUT2D eigenvalue weighted by Crippen LogP contribution is 2.43. The van der Waals surface area contributed by atoms with Crippen LogP contribution < -0.4 is 10.1 Å². The standard InChI is InChI=1S/C20H25NO2S/c1-15(2)23-17-10-6-7-11-19(17)24-20(16-8-4-3-5-9-16)18-14-21-12-13-22-18/h3-11,15,18,20-21H,12-14H2,1-2H3/t18-,20-/m0/s1. The van der Waals surface area contributed by atoms with Gasteiger partial charge in [-0.15, -0.1) is 11.8 Å². The Kier molecular flexibility index (Phi) is 6.18. The van der Waals surface area contributed by atoms with Gasteiger partial charge in [0.05, 0.1) is 29.0 Å². The largest absolute Gasteiger partial charge is 0.490 e. The van der Waals surface area contributed by atoms with E-state index in [9.17, 15) is 0 Å². The van der Waals surface area contributed by atoms with E-state index in [1.165, 1.54) is 5.56 Å². The van der Waals surface area contributed by atoms with Gasteiger partial charge in [-0.1, -0.05) is 42.5 Å². The maximum Gasteiger partial charge on any atom is 0.133 e. The number of para-hydroxylation sites is 1. The molecule has 24 heavy (non-hydrogen) atoms. The zero-order valence-corrected chi connectivity index (χ0v) is 15.1. The second kappa shape index (κ2) is 8.56. The van der Waals surface area contributed by atoms with E-state index in [4.69, 9.17) is 9.47 Å². The Hall–Kier alpha value is -1.49. The first kappa shape index (κ1) is 17.3. The molecule has 1 heterocycles. The van der Waals surface area contributed by atoms with Gasteiger partial charge in [-0.05, 0) is 31.5 Å². The highest BCUT2D eigenvalue weighted by atomic mass is 32.2. The first-order chi connectivity index (χ1) is 11.7. The molecule has 3 nitrogen and oxygen atoms in total. The number of benzene rings is 2. The highest BCUT2D eigenvalue weighted by molar-refractivity contribution is 7.99. The molecule has 1 aliphatic heterocycles. The van der Waals surface area contributed by atoms with E-state index in [-0.39, 0.29) is 17.5 Å². The van der Waals surface area contributed by atoms with E-state index in [0.29, 0.717) is 0 Å². The number of ether oxygens (including phenoxy) is 2. The second-order valence-corrected chi connectivity index (χ2v) is 7.36. The van der Waals surface area contributed by atoms with Crippen LogP contribution in [-0.2, 0) is 4.74 Å². The Morgan fingerprint density at radius 2 is 1.83 bits per heavy atom. The molecule has 0 bridgehead atoms. The molecule has 1 aliphatic rings. The summed E-state index contributed by atoms with van der Waals surface area (Å²) in [6.45, 7) is 6.68. The zero-order valence-electron chi connectivity index (χ0n) is 14.3. The molecule has 0 aliphatic carbocycles. The fourth-order valence-electron chi connectivity index (χ4n) is 2.82. The van der Waals surface area contributed by atoms with Crippen molar-refractivity contribution in [3.63, 3.8) is 0 Å². The van der Waals surface area contributed by atoms with Crippen LogP contribution in [0.3, 0.4) is 0 Å². The van der Waals surface area contributed by atoms with E-state index in [2.05, 4.69) is 61.6 Å². The Labute approximate surface area is 148 Å². The summed E-state index contributed by atoms with van der Waals surface area (Å²) in [6, 6.07) is 18.9. The molecule has 0 unspecified atom stereocenters. The van der Waals surface area contributed by atoms with E-state index < -0.39 is 0 Å². The number of nitrogens with one attached hydrogen (secondary N) is 1. The fourth-order valence-corrected chi connectivity index (χ4v) is 4.10. The average molecular weight is 343 g/mol. The van der Waals surface area contributed by atoms with Crippen LogP contribution in [0.25, 0.3) is 0 Å². The molecule has 1 saturated heterocycles. The molecule has 128 valence electrons. The normalized spacial score (nSPS) is 19.2. The van der Waals surface area contributed by atoms with Crippen LogP contribution >= 0.6 is 11.8 Å². The first-order valence-electron chi connectivity index (χ1n) is 8.53. The smallest absolute Gasteiger partial charge is 0.133 e. The molecule has 0 aromatic heterocycles. The lowest BCUT2D eigenvalue weighted by Crippen LogP contribution is -2.41. The number of morpholine rings is 1. The fraction of sp³-hybridized carbons (Fsp3) is 0.400. The Morgan fingerprint density at radius 1 is 1.08 bits per heavy atom. The van der Waals surface area contributed by atoms with Crippen LogP contribution in [-0.4, -0.2) is 31.9 Å². The molecule has 0 amide bonds. The molecule has 1 fully saturated rings. The van der Waals surface area contributed by atoms with Gasteiger partial charge in [0.1, 0.15) is 5.75 Å². The van der Waals surface area contributed by atoms with Crippen molar-refractivity contribution in [2.24, 2.45) is 0 Å². The zero-order chi connectivity index (χ0) is 16.8. The van der Waals surface area contributed by atoms with Gasteiger partial charge < -0.3 is 14.8 Å². The lowest BCUT2D eigenvalue weighted by atomic mass is 10.1. The van der Waals surface area contributed by atoms with Gasteiger partial charge in [0.25, 0.3) is 0 Å². The van der Waals surface area contributed by atoms with Crippen molar-refractivity contribution in [1.82, 2.24) is 5.32 Å². The lowest BCUT2D eigenvalue weighted by molar-refractivity contribution is 0.0273. The molecule has 0 spiro atoms. The molecule has 2 aromatic carbocycles. The van der Waals surface area contributed by atoms with Gasteiger partial charge in [-0.2, -0.15) is 0 Å². The topological polar surface area (TPSA) is 30.5 Å². The number of hydrogen-bond acceptors (Lipinski definition) is 4. The van der Waals surface area contributed by atoms with E-state index >= 15 is 0 Å². The van der Waals surface area contributed by atoms with Crippen molar-refractivity contribution in [3.8, 4) is 5.75 Å². The second-order valence-electron chi connectivity index (χ2n) is 6.18. The predicted molar refractivity (Wildman–Crippen MR) is 99.9 cm³/mol. The van der Waals surface area contributed by atoms with Gasteiger partial charge >= 0.3 is 0 Å². The summed E-state index contributed by atoms with van der Waals surface area (Å²) in [4.78, 5) is 1.16. The predicted octanol–water partition coefficient (Wildman–Crippen LogP) is 4.30. The van der Waals surface area contributed by atoms with E-state index in [1.807, 2.05) is 23.9 Å². The number of rotatable bonds is 6. The van der Waals surface area contributed by atoms with E-state index in [0.717, 1.165) is 30.3 Å². The lowest BCUT2D eigenvalue weighted by Gasteiger charge is -2.31. The molecule has 2 aromatic rings. The summed E-state index contributed by atoms with van der Waals surface area (Å²) >= 11 is 1.83. The van der Waals surface area contributed by atoms with Gasteiger partial charge in [-0.3, -0.25) is 0 Å². The molecule has 4 heteroatoms. The quantitative estimate of drug-likeness (QED) is 0.793. The third-order valence-electron chi connectivity index (χ3n) is 3.89. The minimum absolute atomic E-state index is 0.151. The molecule has 2 atom stereocenters. The Morgan fingerprint density at radius 3 is 2.54 bits per heavy atom. The molecule has 3 rings (SSSR count). The summed E-state index contributed by atoms with van der Waals surface area (Å²) < 4.78 is 12.1. The average Bonchev–Trinajstić information content (AvgIpc) is 2.62. The van der Waals surface area contributed by atoms with Crippen molar-refractivity contribution in [1.29, 1.82) is 0 Å². The molecular formula is C20H25NO2S.